The molecule has 1 aliphatic carbocycles. The summed E-state index contributed by atoms with van der Waals surface area (Å²) in [6, 6.07) is 0. The molecule has 0 aliphatic heterocycles. The Balaban J connectivity index is 0. The van der Waals surface area contributed by atoms with E-state index in [0.29, 0.717) is 0 Å². The third-order valence-corrected chi connectivity index (χ3v) is 3.66. The van der Waals surface area contributed by atoms with Crippen molar-refractivity contribution in [3.63, 3.8) is 0 Å². The number of likely N-dealkylation sites (N-methyl/N-ethyl adjacent to an activating group) is 1. The molecule has 0 aromatic carbocycles. The van der Waals surface area contributed by atoms with Crippen LogP contribution >= 0.6 is 24.8 Å². The van der Waals surface area contributed by atoms with Crippen LogP contribution in [0.3, 0.4) is 0 Å². The maximum atomic E-state index is 3.61. The Morgan fingerprint density at radius 1 is 1.00 bits per heavy atom. The first-order valence-corrected chi connectivity index (χ1v) is 6.79. The second kappa shape index (κ2) is 12.9. The molecular formula is C13H30Cl2N2. The average Bonchev–Trinajstić information content (AvgIpc) is 2.31. The van der Waals surface area contributed by atoms with Crippen LogP contribution in [0.2, 0.25) is 0 Å². The van der Waals surface area contributed by atoms with Gasteiger partial charge in [-0.15, -0.1) is 24.8 Å². The Bertz CT molecular complexity index is 146. The summed E-state index contributed by atoms with van der Waals surface area (Å²) in [7, 11) is 0. The molecule has 17 heavy (non-hydrogen) atoms. The van der Waals surface area contributed by atoms with Gasteiger partial charge in [0.15, 0.2) is 0 Å². The molecular weight excluding hydrogens is 255 g/mol. The van der Waals surface area contributed by atoms with Crippen LogP contribution in [0.25, 0.3) is 0 Å². The topological polar surface area (TPSA) is 15.3 Å². The van der Waals surface area contributed by atoms with Gasteiger partial charge in [-0.05, 0) is 38.4 Å². The predicted octanol–water partition coefficient (Wildman–Crippen LogP) is 3.34. The molecule has 1 N–H and O–H groups in total. The molecule has 0 amide bonds. The van der Waals surface area contributed by atoms with Crippen molar-refractivity contribution in [3.8, 4) is 0 Å². The fraction of sp³-hybridized carbons (Fsp3) is 1.00. The van der Waals surface area contributed by atoms with E-state index in [9.17, 15) is 0 Å². The Hall–Kier alpha value is 0.500. The van der Waals surface area contributed by atoms with Crippen LogP contribution in [-0.2, 0) is 0 Å². The van der Waals surface area contributed by atoms with Gasteiger partial charge in [0.05, 0.1) is 0 Å². The molecule has 0 saturated heterocycles. The van der Waals surface area contributed by atoms with Gasteiger partial charge in [-0.1, -0.05) is 33.1 Å². The Morgan fingerprint density at radius 2 is 1.59 bits per heavy atom. The summed E-state index contributed by atoms with van der Waals surface area (Å²) >= 11 is 0. The molecule has 0 spiro atoms. The molecule has 0 aromatic heterocycles. The molecule has 0 atom stereocenters. The van der Waals surface area contributed by atoms with Gasteiger partial charge in [-0.2, -0.15) is 0 Å². The molecule has 2 nitrogen and oxygen atoms in total. The zero-order valence-electron chi connectivity index (χ0n) is 11.4. The highest BCUT2D eigenvalue weighted by Gasteiger charge is 2.12. The summed E-state index contributed by atoms with van der Waals surface area (Å²) in [4.78, 5) is 2.48. The van der Waals surface area contributed by atoms with Gasteiger partial charge in [-0.3, -0.25) is 0 Å². The molecule has 0 aromatic rings. The average molecular weight is 285 g/mol. The second-order valence-electron chi connectivity index (χ2n) is 4.74. The minimum Gasteiger partial charge on any atom is -0.315 e. The van der Waals surface area contributed by atoms with E-state index in [1.807, 2.05) is 0 Å². The van der Waals surface area contributed by atoms with Gasteiger partial charge in [0.1, 0.15) is 0 Å². The van der Waals surface area contributed by atoms with E-state index < -0.39 is 0 Å². The Labute approximate surface area is 120 Å². The lowest BCUT2D eigenvalue weighted by Gasteiger charge is -2.23. The summed E-state index contributed by atoms with van der Waals surface area (Å²) in [5.41, 5.74) is 0. The lowest BCUT2D eigenvalue weighted by atomic mass is 9.89. The number of hydrogen-bond donors (Lipinski definition) is 1. The van der Waals surface area contributed by atoms with Crippen molar-refractivity contribution in [2.45, 2.75) is 46.0 Å². The fourth-order valence-electron chi connectivity index (χ4n) is 2.47. The minimum atomic E-state index is 0. The first-order valence-electron chi connectivity index (χ1n) is 6.79. The van der Waals surface area contributed by atoms with Crippen molar-refractivity contribution in [2.75, 3.05) is 32.7 Å². The van der Waals surface area contributed by atoms with E-state index >= 15 is 0 Å². The molecule has 0 unspecified atom stereocenters. The maximum absolute atomic E-state index is 3.61. The van der Waals surface area contributed by atoms with Crippen LogP contribution in [0.5, 0.6) is 0 Å². The van der Waals surface area contributed by atoms with Gasteiger partial charge in [0, 0.05) is 13.1 Å². The third-order valence-electron chi connectivity index (χ3n) is 3.66. The van der Waals surface area contributed by atoms with Crippen LogP contribution in [0, 0.1) is 5.92 Å². The highest BCUT2D eigenvalue weighted by molar-refractivity contribution is 5.85. The minimum absolute atomic E-state index is 0. The zero-order chi connectivity index (χ0) is 10.9. The van der Waals surface area contributed by atoms with E-state index in [2.05, 4.69) is 24.1 Å². The highest BCUT2D eigenvalue weighted by Crippen LogP contribution is 2.22. The van der Waals surface area contributed by atoms with E-state index in [4.69, 9.17) is 0 Å². The van der Waals surface area contributed by atoms with E-state index in [-0.39, 0.29) is 24.8 Å². The first-order chi connectivity index (χ1) is 7.36. The van der Waals surface area contributed by atoms with E-state index in [0.717, 1.165) is 12.5 Å². The van der Waals surface area contributed by atoms with Crippen molar-refractivity contribution in [2.24, 2.45) is 5.92 Å². The summed E-state index contributed by atoms with van der Waals surface area (Å²) in [6.45, 7) is 10.5. The molecule has 1 fully saturated rings. The largest absolute Gasteiger partial charge is 0.315 e. The Kier molecular flexibility index (Phi) is 15.1. The van der Waals surface area contributed by atoms with E-state index in [1.165, 1.54) is 58.3 Å². The van der Waals surface area contributed by atoms with Crippen molar-refractivity contribution >= 4 is 24.8 Å². The smallest absolute Gasteiger partial charge is 0.0107 e. The van der Waals surface area contributed by atoms with Crippen molar-refractivity contribution in [1.29, 1.82) is 0 Å². The highest BCUT2D eigenvalue weighted by atomic mass is 35.5. The van der Waals surface area contributed by atoms with Crippen LogP contribution in [0.1, 0.15) is 46.0 Å². The van der Waals surface area contributed by atoms with Crippen LogP contribution < -0.4 is 5.32 Å². The number of hydrogen-bond acceptors (Lipinski definition) is 2. The first kappa shape index (κ1) is 19.8. The molecule has 0 radical (unpaired) electrons. The molecule has 0 bridgehead atoms. The summed E-state index contributed by atoms with van der Waals surface area (Å²) in [5, 5.41) is 3.61. The normalized spacial score (nSPS) is 16.4. The SMILES string of the molecule is CCN(CC)CCNCC1CCCCC1.Cl.Cl. The van der Waals surface area contributed by atoms with Gasteiger partial charge in [-0.25, -0.2) is 0 Å². The molecule has 1 aliphatic rings. The van der Waals surface area contributed by atoms with Gasteiger partial charge >= 0.3 is 0 Å². The number of nitrogens with zero attached hydrogens (tertiary/aromatic N) is 1. The second-order valence-corrected chi connectivity index (χ2v) is 4.74. The quantitative estimate of drug-likeness (QED) is 0.722. The molecule has 0 heterocycles. The molecule has 1 rings (SSSR count). The summed E-state index contributed by atoms with van der Waals surface area (Å²) in [5.74, 6) is 0.968. The number of halogens is 2. The van der Waals surface area contributed by atoms with Crippen LogP contribution in [-0.4, -0.2) is 37.6 Å². The van der Waals surface area contributed by atoms with Crippen LogP contribution in [0.4, 0.5) is 0 Å². The fourth-order valence-corrected chi connectivity index (χ4v) is 2.47. The third kappa shape index (κ3) is 9.12. The Morgan fingerprint density at radius 3 is 2.12 bits per heavy atom. The molecule has 4 heteroatoms. The van der Waals surface area contributed by atoms with Gasteiger partial charge in [0.25, 0.3) is 0 Å². The maximum Gasteiger partial charge on any atom is 0.0107 e. The van der Waals surface area contributed by atoms with Crippen LogP contribution in [0.15, 0.2) is 0 Å². The lowest BCUT2D eigenvalue weighted by molar-refractivity contribution is 0.289. The van der Waals surface area contributed by atoms with Crippen molar-refractivity contribution < 1.29 is 0 Å². The predicted molar refractivity (Wildman–Crippen MR) is 81.7 cm³/mol. The summed E-state index contributed by atoms with van der Waals surface area (Å²) in [6.07, 6.45) is 7.30. The lowest BCUT2D eigenvalue weighted by Crippen LogP contribution is -2.34. The van der Waals surface area contributed by atoms with Gasteiger partial charge in [0.2, 0.25) is 0 Å². The molecule has 1 saturated carbocycles. The number of rotatable bonds is 7. The zero-order valence-corrected chi connectivity index (χ0v) is 13.0. The van der Waals surface area contributed by atoms with Gasteiger partial charge < -0.3 is 10.2 Å². The monoisotopic (exact) mass is 284 g/mol. The molecule has 106 valence electrons. The van der Waals surface area contributed by atoms with Crippen molar-refractivity contribution in [1.82, 2.24) is 10.2 Å². The van der Waals surface area contributed by atoms with E-state index in [1.54, 1.807) is 0 Å². The standard InChI is InChI=1S/C13H28N2.2ClH/c1-3-15(4-2)11-10-14-12-13-8-6-5-7-9-13;;/h13-14H,3-12H2,1-2H3;2*1H. The van der Waals surface area contributed by atoms with Crippen molar-refractivity contribution in [3.05, 3.63) is 0 Å². The summed E-state index contributed by atoms with van der Waals surface area (Å²) < 4.78 is 0. The number of nitrogens with one attached hydrogen (secondary N) is 1.